The van der Waals surface area contributed by atoms with Crippen molar-refractivity contribution in [1.82, 2.24) is 25.5 Å². The zero-order valence-electron chi connectivity index (χ0n) is 12.6. The normalized spacial score (nSPS) is 10.2. The number of amides is 2. The Hall–Kier alpha value is -2.62. The highest BCUT2D eigenvalue weighted by Gasteiger charge is 2.13. The number of alkyl carbamates (subject to hydrolysis) is 1. The van der Waals surface area contributed by atoms with Gasteiger partial charge in [0.1, 0.15) is 5.75 Å². The van der Waals surface area contributed by atoms with Gasteiger partial charge in [-0.15, -0.1) is 5.10 Å². The Bertz CT molecular complexity index is 673. The summed E-state index contributed by atoms with van der Waals surface area (Å²) in [6.45, 7) is 1.85. The first-order chi connectivity index (χ1) is 11.1. The van der Waals surface area contributed by atoms with Gasteiger partial charge in [0.2, 0.25) is 11.1 Å². The van der Waals surface area contributed by atoms with Crippen molar-refractivity contribution in [1.29, 1.82) is 0 Å². The minimum absolute atomic E-state index is 0.0185. The minimum atomic E-state index is -0.771. The lowest BCUT2D eigenvalue weighted by atomic mass is 10.3. The molecule has 0 saturated carbocycles. The van der Waals surface area contributed by atoms with Crippen LogP contribution in [0.5, 0.6) is 5.75 Å². The molecule has 1 N–H and O–H groups in total. The number of benzene rings is 1. The largest absolute Gasteiger partial charge is 0.497 e. The quantitative estimate of drug-likeness (QED) is 0.779. The van der Waals surface area contributed by atoms with Gasteiger partial charge >= 0.3 is 6.09 Å². The highest BCUT2D eigenvalue weighted by atomic mass is 32.2. The average Bonchev–Trinajstić information content (AvgIpc) is 3.01. The number of hydrogen-bond donors (Lipinski definition) is 1. The van der Waals surface area contributed by atoms with Gasteiger partial charge in [0, 0.05) is 0 Å². The van der Waals surface area contributed by atoms with Gasteiger partial charge in [-0.05, 0) is 41.6 Å². The monoisotopic (exact) mass is 337 g/mol. The number of tetrazole rings is 1. The van der Waals surface area contributed by atoms with Crippen molar-refractivity contribution in [3.63, 3.8) is 0 Å². The molecule has 1 aromatic carbocycles. The lowest BCUT2D eigenvalue weighted by Gasteiger charge is -2.06. The molecule has 0 radical (unpaired) electrons. The number of nitrogens with one attached hydrogen (secondary N) is 1. The van der Waals surface area contributed by atoms with E-state index in [1.165, 1.54) is 4.68 Å². The predicted molar refractivity (Wildman–Crippen MR) is 81.6 cm³/mol. The molecule has 0 bridgehead atoms. The van der Waals surface area contributed by atoms with Crippen molar-refractivity contribution in [2.75, 3.05) is 19.5 Å². The topological polar surface area (TPSA) is 108 Å². The van der Waals surface area contributed by atoms with Gasteiger partial charge in [-0.25, -0.2) is 4.79 Å². The maximum atomic E-state index is 11.6. The number of hydrogen-bond acceptors (Lipinski definition) is 8. The molecule has 2 amide bonds. The van der Waals surface area contributed by atoms with Crippen molar-refractivity contribution in [3.05, 3.63) is 24.3 Å². The zero-order valence-corrected chi connectivity index (χ0v) is 13.4. The summed E-state index contributed by atoms with van der Waals surface area (Å²) in [5, 5.41) is 13.9. The van der Waals surface area contributed by atoms with Crippen LogP contribution < -0.4 is 10.1 Å². The molecule has 1 heterocycles. The fourth-order valence-electron chi connectivity index (χ4n) is 1.60. The van der Waals surface area contributed by atoms with Crippen LogP contribution in [0.15, 0.2) is 29.4 Å². The Morgan fingerprint density at radius 3 is 2.70 bits per heavy atom. The Balaban J connectivity index is 1.98. The molecule has 0 unspecified atom stereocenters. The lowest BCUT2D eigenvalue weighted by Crippen LogP contribution is -2.32. The summed E-state index contributed by atoms with van der Waals surface area (Å²) in [5.41, 5.74) is 0.726. The fraction of sp³-hybridized carbons (Fsp3) is 0.308. The van der Waals surface area contributed by atoms with Crippen LogP contribution in [-0.2, 0) is 9.53 Å². The van der Waals surface area contributed by atoms with Crippen molar-refractivity contribution in [3.8, 4) is 11.4 Å². The molecule has 9 nitrogen and oxygen atoms in total. The molecule has 122 valence electrons. The van der Waals surface area contributed by atoms with Crippen molar-refractivity contribution in [2.45, 2.75) is 12.1 Å². The van der Waals surface area contributed by atoms with Crippen LogP contribution in [0.3, 0.4) is 0 Å². The van der Waals surface area contributed by atoms with Crippen molar-refractivity contribution < 1.29 is 19.1 Å². The van der Waals surface area contributed by atoms with Crippen molar-refractivity contribution in [2.24, 2.45) is 0 Å². The third kappa shape index (κ3) is 4.68. The number of carbonyl (C=O) groups is 2. The van der Waals surface area contributed by atoms with E-state index < -0.39 is 12.0 Å². The zero-order chi connectivity index (χ0) is 16.7. The van der Waals surface area contributed by atoms with Gasteiger partial charge < -0.3 is 9.47 Å². The van der Waals surface area contributed by atoms with Gasteiger partial charge in [-0.1, -0.05) is 11.8 Å². The van der Waals surface area contributed by atoms with E-state index in [0.29, 0.717) is 10.9 Å². The van der Waals surface area contributed by atoms with Gasteiger partial charge in [-0.3, -0.25) is 10.1 Å². The summed E-state index contributed by atoms with van der Waals surface area (Å²) >= 11 is 1.10. The molecule has 23 heavy (non-hydrogen) atoms. The second-order valence-electron chi connectivity index (χ2n) is 4.13. The first kappa shape index (κ1) is 16.7. The Kier molecular flexibility index (Phi) is 5.92. The van der Waals surface area contributed by atoms with Gasteiger partial charge in [0.15, 0.2) is 0 Å². The first-order valence-corrected chi connectivity index (χ1v) is 7.64. The van der Waals surface area contributed by atoms with E-state index in [0.717, 1.165) is 17.4 Å². The number of carbonyl (C=O) groups excluding carboxylic acids is 2. The van der Waals surface area contributed by atoms with E-state index in [1.54, 1.807) is 38.3 Å². The fourth-order valence-corrected chi connectivity index (χ4v) is 2.29. The summed E-state index contributed by atoms with van der Waals surface area (Å²) in [5.74, 6) is 0.206. The van der Waals surface area contributed by atoms with Crippen LogP contribution in [0, 0.1) is 0 Å². The molecule has 2 aromatic rings. The molecular formula is C13H15N5O4S. The van der Waals surface area contributed by atoms with Crippen molar-refractivity contribution >= 4 is 23.8 Å². The molecular weight excluding hydrogens is 322 g/mol. The molecule has 0 saturated heterocycles. The smallest absolute Gasteiger partial charge is 0.413 e. The standard InChI is InChI=1S/C13H15N5O4S/c1-3-22-13(20)14-11(19)8-23-12-15-16-17-18(12)9-4-6-10(21-2)7-5-9/h4-7H,3,8H2,1-2H3,(H,14,19,20). The van der Waals surface area contributed by atoms with Gasteiger partial charge in [0.25, 0.3) is 0 Å². The number of imide groups is 1. The highest BCUT2D eigenvalue weighted by molar-refractivity contribution is 7.99. The van der Waals surface area contributed by atoms with E-state index in [9.17, 15) is 9.59 Å². The second-order valence-corrected chi connectivity index (χ2v) is 5.07. The minimum Gasteiger partial charge on any atom is -0.497 e. The van der Waals surface area contributed by atoms with E-state index in [4.69, 9.17) is 4.74 Å². The van der Waals surface area contributed by atoms with Crippen LogP contribution in [0.1, 0.15) is 6.92 Å². The third-order valence-corrected chi connectivity index (χ3v) is 3.53. The summed E-state index contributed by atoms with van der Waals surface area (Å²) in [4.78, 5) is 22.8. The number of aromatic nitrogens is 4. The van der Waals surface area contributed by atoms with Crippen LogP contribution in [0.25, 0.3) is 5.69 Å². The van der Waals surface area contributed by atoms with E-state index in [2.05, 4.69) is 25.6 Å². The van der Waals surface area contributed by atoms with Crippen LogP contribution in [-0.4, -0.2) is 51.7 Å². The molecule has 0 aliphatic carbocycles. The maximum absolute atomic E-state index is 11.6. The average molecular weight is 337 g/mol. The number of thioether (sulfide) groups is 1. The maximum Gasteiger partial charge on any atom is 0.413 e. The summed E-state index contributed by atoms with van der Waals surface area (Å²) in [6.07, 6.45) is -0.771. The van der Waals surface area contributed by atoms with E-state index >= 15 is 0 Å². The van der Waals surface area contributed by atoms with E-state index in [-0.39, 0.29) is 12.4 Å². The molecule has 0 aliphatic heterocycles. The lowest BCUT2D eigenvalue weighted by molar-refractivity contribution is -0.117. The second kappa shape index (κ2) is 8.13. The Morgan fingerprint density at radius 2 is 2.04 bits per heavy atom. The Labute approximate surface area is 136 Å². The first-order valence-electron chi connectivity index (χ1n) is 6.66. The summed E-state index contributed by atoms with van der Waals surface area (Å²) < 4.78 is 11.2. The molecule has 0 aliphatic rings. The molecule has 0 atom stereocenters. The number of nitrogens with zero attached hydrogens (tertiary/aromatic N) is 4. The van der Waals surface area contributed by atoms with Gasteiger partial charge in [-0.2, -0.15) is 4.68 Å². The Morgan fingerprint density at radius 1 is 1.30 bits per heavy atom. The van der Waals surface area contributed by atoms with Crippen LogP contribution in [0.4, 0.5) is 4.79 Å². The summed E-state index contributed by atoms with van der Waals surface area (Å²) in [7, 11) is 1.58. The van der Waals surface area contributed by atoms with E-state index in [1.807, 2.05) is 0 Å². The summed E-state index contributed by atoms with van der Waals surface area (Å²) in [6, 6.07) is 7.13. The predicted octanol–water partition coefficient (Wildman–Crippen LogP) is 1.04. The third-order valence-electron chi connectivity index (χ3n) is 2.61. The number of rotatable bonds is 6. The molecule has 0 fully saturated rings. The number of methoxy groups -OCH3 is 1. The van der Waals surface area contributed by atoms with Crippen LogP contribution in [0.2, 0.25) is 0 Å². The van der Waals surface area contributed by atoms with Crippen LogP contribution >= 0.6 is 11.8 Å². The molecule has 1 aromatic heterocycles. The molecule has 10 heteroatoms. The highest BCUT2D eigenvalue weighted by Crippen LogP contribution is 2.20. The molecule has 2 rings (SSSR count). The number of ether oxygens (including phenoxy) is 2. The SMILES string of the molecule is CCOC(=O)NC(=O)CSc1nnnn1-c1ccc(OC)cc1. The molecule has 0 spiro atoms. The van der Waals surface area contributed by atoms with Gasteiger partial charge in [0.05, 0.1) is 25.2 Å².